The van der Waals surface area contributed by atoms with Crippen LogP contribution < -0.4 is 0 Å². The summed E-state index contributed by atoms with van der Waals surface area (Å²) in [4.78, 5) is 15.9. The van der Waals surface area contributed by atoms with Gasteiger partial charge in [0.05, 0.1) is 27.6 Å². The summed E-state index contributed by atoms with van der Waals surface area (Å²) in [5.74, 6) is 1.64. The van der Waals surface area contributed by atoms with Gasteiger partial charge < -0.3 is 8.98 Å². The molecule has 0 saturated carbocycles. The number of hydrogen-bond donors (Lipinski definition) is 0. The molecule has 4 aromatic heterocycles. The van der Waals surface area contributed by atoms with Crippen molar-refractivity contribution in [3.05, 3.63) is 212 Å². The van der Waals surface area contributed by atoms with Crippen molar-refractivity contribution in [1.82, 2.24) is 24.1 Å². The number of nitrogens with zero attached hydrogens (tertiary/aromatic N) is 5. The maximum absolute atomic E-state index is 6.57. The van der Waals surface area contributed by atoms with Crippen molar-refractivity contribution < 1.29 is 4.42 Å². The van der Waals surface area contributed by atoms with Crippen molar-refractivity contribution in [2.45, 2.75) is 0 Å². The first-order chi connectivity index (χ1) is 31.2. The number of hydrogen-bond acceptors (Lipinski definition) is 4. The Hall–Kier alpha value is -8.61. The van der Waals surface area contributed by atoms with Gasteiger partial charge in [-0.2, -0.15) is 9.97 Å². The first-order valence-electron chi connectivity index (χ1n) is 21.2. The predicted molar refractivity (Wildman–Crippen MR) is 258 cm³/mol. The van der Waals surface area contributed by atoms with Crippen LogP contribution in [0.25, 0.3) is 122 Å². The number of benzene rings is 9. The molecule has 0 spiro atoms. The average Bonchev–Trinajstić information content (AvgIpc) is 4.03. The molecule has 0 fully saturated rings. The van der Waals surface area contributed by atoms with Crippen molar-refractivity contribution in [1.29, 1.82) is 0 Å². The Morgan fingerprint density at radius 1 is 0.333 bits per heavy atom. The zero-order valence-corrected chi connectivity index (χ0v) is 33.9. The number of para-hydroxylation sites is 4. The molecule has 294 valence electrons. The van der Waals surface area contributed by atoms with Crippen molar-refractivity contribution in [3.63, 3.8) is 0 Å². The Bertz CT molecular complexity index is 3900. The highest BCUT2D eigenvalue weighted by atomic mass is 16.3. The summed E-state index contributed by atoms with van der Waals surface area (Å²) in [6.45, 7) is 0. The van der Waals surface area contributed by atoms with Gasteiger partial charge in [0.2, 0.25) is 5.95 Å². The lowest BCUT2D eigenvalue weighted by Crippen LogP contribution is -2.07. The van der Waals surface area contributed by atoms with Crippen molar-refractivity contribution >= 4 is 65.6 Å². The lowest BCUT2D eigenvalue weighted by molar-refractivity contribution is 0.669. The summed E-state index contributed by atoms with van der Waals surface area (Å²) in [7, 11) is 0. The minimum Gasteiger partial charge on any atom is -0.455 e. The lowest BCUT2D eigenvalue weighted by atomic mass is 10.00. The van der Waals surface area contributed by atoms with Gasteiger partial charge in [-0.05, 0) is 58.7 Å². The molecule has 0 aliphatic rings. The highest BCUT2D eigenvalue weighted by molar-refractivity contribution is 6.23. The molecule has 0 atom stereocenters. The van der Waals surface area contributed by atoms with Crippen LogP contribution in [0.3, 0.4) is 0 Å². The number of furan rings is 1. The van der Waals surface area contributed by atoms with Gasteiger partial charge >= 0.3 is 0 Å². The van der Waals surface area contributed by atoms with E-state index in [1.807, 2.05) is 42.5 Å². The normalized spacial score (nSPS) is 11.8. The van der Waals surface area contributed by atoms with Crippen molar-refractivity contribution in [2.75, 3.05) is 0 Å². The van der Waals surface area contributed by atoms with Gasteiger partial charge in [-0.15, -0.1) is 0 Å². The molecule has 9 aromatic carbocycles. The smallest absolute Gasteiger partial charge is 0.238 e. The third-order valence-electron chi connectivity index (χ3n) is 12.4. The number of fused-ring (bicyclic) bond motifs is 10. The molecule has 0 aliphatic heterocycles. The van der Waals surface area contributed by atoms with Crippen LogP contribution in [0.1, 0.15) is 0 Å². The van der Waals surface area contributed by atoms with Crippen LogP contribution >= 0.6 is 0 Å². The molecular weight excluding hydrogens is 771 g/mol. The molecule has 0 unspecified atom stereocenters. The molecule has 0 amide bonds. The highest BCUT2D eigenvalue weighted by Gasteiger charge is 2.24. The van der Waals surface area contributed by atoms with E-state index in [-0.39, 0.29) is 0 Å². The Morgan fingerprint density at radius 2 is 0.857 bits per heavy atom. The van der Waals surface area contributed by atoms with Crippen LogP contribution in [-0.4, -0.2) is 24.1 Å². The first kappa shape index (κ1) is 35.2. The molecule has 13 aromatic rings. The van der Waals surface area contributed by atoms with Crippen LogP contribution in [0.5, 0.6) is 0 Å². The van der Waals surface area contributed by atoms with E-state index in [2.05, 4.69) is 179 Å². The van der Waals surface area contributed by atoms with E-state index in [9.17, 15) is 0 Å². The topological polar surface area (TPSA) is 61.7 Å². The van der Waals surface area contributed by atoms with Crippen LogP contribution in [0.2, 0.25) is 0 Å². The van der Waals surface area contributed by atoms with Gasteiger partial charge in [-0.1, -0.05) is 176 Å². The van der Waals surface area contributed by atoms with E-state index in [1.54, 1.807) is 0 Å². The standard InChI is InChI=1S/C57H35N5O/c1-3-15-36(16-4-1)37-29-31-38(32-30-37)40-19-13-20-41(35-40)61-49-26-10-7-21-42(49)45-33-34-46-43-22-8-11-27-50(43)62(53(46)52(45)61)57-59-55(39-17-5-2-6-18-39)58-56(60-57)48-25-14-24-47-44-23-9-12-28-51(44)63-54(47)48/h1-35H. The Balaban J connectivity index is 1.09. The number of rotatable bonds is 6. The molecule has 0 N–H and O–H groups in total. The fraction of sp³-hybridized carbons (Fsp3) is 0. The van der Waals surface area contributed by atoms with Crippen LogP contribution in [0, 0.1) is 0 Å². The molecular formula is C57H35N5O. The molecule has 0 bridgehead atoms. The van der Waals surface area contributed by atoms with Crippen molar-refractivity contribution in [2.24, 2.45) is 0 Å². The van der Waals surface area contributed by atoms with E-state index in [0.29, 0.717) is 17.6 Å². The SMILES string of the molecule is c1ccc(-c2ccc(-c3cccc(-n4c5ccccc5c5ccc6c7ccccc7n(-c7nc(-c8ccccc8)nc(-c8cccc9c8oc8ccccc89)n7)c6c54)c3)cc2)cc1. The van der Waals surface area contributed by atoms with Crippen molar-refractivity contribution in [3.8, 4) is 56.7 Å². The van der Waals surface area contributed by atoms with E-state index >= 15 is 0 Å². The Labute approximate surface area is 361 Å². The van der Waals surface area contributed by atoms with Gasteiger partial charge in [-0.25, -0.2) is 4.98 Å². The molecule has 13 rings (SSSR count). The fourth-order valence-corrected chi connectivity index (χ4v) is 9.51. The average molecular weight is 806 g/mol. The Kier molecular flexibility index (Phi) is 7.80. The Morgan fingerprint density at radius 3 is 1.59 bits per heavy atom. The van der Waals surface area contributed by atoms with Crippen LogP contribution in [-0.2, 0) is 0 Å². The van der Waals surface area contributed by atoms with Gasteiger partial charge in [0.15, 0.2) is 11.6 Å². The first-order valence-corrected chi connectivity index (χ1v) is 21.2. The molecule has 6 nitrogen and oxygen atoms in total. The summed E-state index contributed by atoms with van der Waals surface area (Å²) in [5.41, 5.74) is 13.2. The van der Waals surface area contributed by atoms with E-state index < -0.39 is 0 Å². The second-order valence-corrected chi connectivity index (χ2v) is 16.0. The molecule has 4 heterocycles. The van der Waals surface area contributed by atoms with Gasteiger partial charge in [0.25, 0.3) is 0 Å². The fourth-order valence-electron chi connectivity index (χ4n) is 9.51. The molecule has 0 aliphatic carbocycles. The summed E-state index contributed by atoms with van der Waals surface area (Å²) >= 11 is 0. The van der Waals surface area contributed by atoms with E-state index in [0.717, 1.165) is 88.1 Å². The van der Waals surface area contributed by atoms with Gasteiger partial charge in [-0.3, -0.25) is 4.57 Å². The van der Waals surface area contributed by atoms with Gasteiger partial charge in [0, 0.05) is 43.6 Å². The predicted octanol–water partition coefficient (Wildman–Crippen LogP) is 14.6. The summed E-state index contributed by atoms with van der Waals surface area (Å²) in [6.07, 6.45) is 0. The molecule has 0 saturated heterocycles. The maximum atomic E-state index is 6.57. The van der Waals surface area contributed by atoms with Crippen LogP contribution in [0.15, 0.2) is 217 Å². The second-order valence-electron chi connectivity index (χ2n) is 16.0. The van der Waals surface area contributed by atoms with E-state index in [4.69, 9.17) is 19.4 Å². The third kappa shape index (κ3) is 5.55. The third-order valence-corrected chi connectivity index (χ3v) is 12.4. The molecule has 63 heavy (non-hydrogen) atoms. The number of aromatic nitrogens is 5. The molecule has 6 heteroatoms. The summed E-state index contributed by atoms with van der Waals surface area (Å²) < 4.78 is 11.2. The largest absolute Gasteiger partial charge is 0.455 e. The maximum Gasteiger partial charge on any atom is 0.238 e. The minimum atomic E-state index is 0.523. The highest BCUT2D eigenvalue weighted by Crippen LogP contribution is 2.43. The zero-order valence-electron chi connectivity index (χ0n) is 33.9. The lowest BCUT2D eigenvalue weighted by Gasteiger charge is -2.14. The van der Waals surface area contributed by atoms with Crippen LogP contribution in [0.4, 0.5) is 0 Å². The zero-order chi connectivity index (χ0) is 41.4. The van der Waals surface area contributed by atoms with E-state index in [1.165, 1.54) is 16.5 Å². The molecule has 0 radical (unpaired) electrons. The monoisotopic (exact) mass is 805 g/mol. The second kappa shape index (κ2) is 14.0. The quantitative estimate of drug-likeness (QED) is 0.168. The minimum absolute atomic E-state index is 0.523. The van der Waals surface area contributed by atoms with Gasteiger partial charge in [0.1, 0.15) is 11.2 Å². The summed E-state index contributed by atoms with van der Waals surface area (Å²) in [6, 6.07) is 74.5. The summed E-state index contributed by atoms with van der Waals surface area (Å²) in [5, 5.41) is 6.60.